The van der Waals surface area contributed by atoms with Gasteiger partial charge in [0.25, 0.3) is 0 Å². The molecule has 100 valence electrons. The van der Waals surface area contributed by atoms with Crippen molar-refractivity contribution in [2.24, 2.45) is 0 Å². The topological polar surface area (TPSA) is 68.3 Å². The molecule has 18 heavy (non-hydrogen) atoms. The molecule has 0 aliphatic carbocycles. The number of rotatable bonds is 7. The summed E-state index contributed by atoms with van der Waals surface area (Å²) in [5.41, 5.74) is 0. The molecule has 0 aromatic carbocycles. The normalized spacial score (nSPS) is 18.8. The molecule has 2 heterocycles. The minimum Gasteiger partial charge on any atom is -0.383 e. The van der Waals surface area contributed by atoms with E-state index >= 15 is 0 Å². The van der Waals surface area contributed by atoms with E-state index in [0.717, 1.165) is 44.2 Å². The van der Waals surface area contributed by atoms with Crippen LogP contribution in [0.2, 0.25) is 0 Å². The highest BCUT2D eigenvalue weighted by molar-refractivity contribution is 5.46. The largest absolute Gasteiger partial charge is 0.383 e. The van der Waals surface area contributed by atoms with Gasteiger partial charge in [0.1, 0.15) is 18.0 Å². The van der Waals surface area contributed by atoms with E-state index in [2.05, 4.69) is 20.6 Å². The van der Waals surface area contributed by atoms with Gasteiger partial charge < -0.3 is 20.1 Å². The van der Waals surface area contributed by atoms with Crippen molar-refractivity contribution >= 4 is 11.6 Å². The van der Waals surface area contributed by atoms with Crippen LogP contribution in [0, 0.1) is 0 Å². The Morgan fingerprint density at radius 1 is 1.39 bits per heavy atom. The molecule has 0 spiro atoms. The van der Waals surface area contributed by atoms with Gasteiger partial charge in [-0.25, -0.2) is 9.97 Å². The number of ether oxygens (including phenoxy) is 2. The standard InChI is InChI=1S/C12H20N4O2/c1-17-6-4-13-11-7-12(16-9-15-11)14-8-10-3-2-5-18-10/h7,9-10H,2-6,8H2,1H3,(H2,13,14,15,16). The summed E-state index contributed by atoms with van der Waals surface area (Å²) in [5.74, 6) is 1.62. The second kappa shape index (κ2) is 7.13. The lowest BCUT2D eigenvalue weighted by Gasteiger charge is -2.12. The number of hydrogen-bond donors (Lipinski definition) is 2. The molecule has 2 rings (SSSR count). The van der Waals surface area contributed by atoms with E-state index in [-0.39, 0.29) is 0 Å². The molecule has 1 fully saturated rings. The highest BCUT2D eigenvalue weighted by atomic mass is 16.5. The van der Waals surface area contributed by atoms with E-state index in [1.54, 1.807) is 13.4 Å². The molecule has 0 radical (unpaired) electrons. The number of aromatic nitrogens is 2. The van der Waals surface area contributed by atoms with Crippen LogP contribution in [0.15, 0.2) is 12.4 Å². The average molecular weight is 252 g/mol. The summed E-state index contributed by atoms with van der Waals surface area (Å²) >= 11 is 0. The van der Waals surface area contributed by atoms with Crippen LogP contribution in [-0.4, -0.2) is 49.5 Å². The van der Waals surface area contributed by atoms with Gasteiger partial charge in [-0.1, -0.05) is 0 Å². The fourth-order valence-corrected chi connectivity index (χ4v) is 1.86. The lowest BCUT2D eigenvalue weighted by atomic mass is 10.2. The van der Waals surface area contributed by atoms with E-state index in [9.17, 15) is 0 Å². The fourth-order valence-electron chi connectivity index (χ4n) is 1.86. The summed E-state index contributed by atoms with van der Waals surface area (Å²) in [5, 5.41) is 6.44. The second-order valence-electron chi connectivity index (χ2n) is 4.22. The maximum atomic E-state index is 5.55. The van der Waals surface area contributed by atoms with Crippen LogP contribution in [0.3, 0.4) is 0 Å². The van der Waals surface area contributed by atoms with E-state index in [4.69, 9.17) is 9.47 Å². The molecule has 1 aromatic heterocycles. The first-order chi connectivity index (χ1) is 8.88. The minimum absolute atomic E-state index is 0.310. The van der Waals surface area contributed by atoms with Crippen molar-refractivity contribution in [1.29, 1.82) is 0 Å². The monoisotopic (exact) mass is 252 g/mol. The van der Waals surface area contributed by atoms with Crippen LogP contribution in [0.4, 0.5) is 11.6 Å². The Morgan fingerprint density at radius 2 is 2.22 bits per heavy atom. The zero-order chi connectivity index (χ0) is 12.6. The number of hydrogen-bond acceptors (Lipinski definition) is 6. The number of nitrogens with zero attached hydrogens (tertiary/aromatic N) is 2. The lowest BCUT2D eigenvalue weighted by Crippen LogP contribution is -2.19. The van der Waals surface area contributed by atoms with Crippen molar-refractivity contribution in [3.8, 4) is 0 Å². The molecule has 6 heteroatoms. The lowest BCUT2D eigenvalue weighted by molar-refractivity contribution is 0.120. The highest BCUT2D eigenvalue weighted by Crippen LogP contribution is 2.13. The second-order valence-corrected chi connectivity index (χ2v) is 4.22. The molecule has 1 aliphatic heterocycles. The van der Waals surface area contributed by atoms with E-state index in [1.165, 1.54) is 0 Å². The predicted octanol–water partition coefficient (Wildman–Crippen LogP) is 1.13. The molecule has 1 aromatic rings. The van der Waals surface area contributed by atoms with Crippen molar-refractivity contribution in [2.45, 2.75) is 18.9 Å². The van der Waals surface area contributed by atoms with Crippen LogP contribution < -0.4 is 10.6 Å². The highest BCUT2D eigenvalue weighted by Gasteiger charge is 2.14. The average Bonchev–Trinajstić information content (AvgIpc) is 2.90. The third-order valence-electron chi connectivity index (χ3n) is 2.81. The number of nitrogens with one attached hydrogen (secondary N) is 2. The van der Waals surface area contributed by atoms with Gasteiger partial charge in [0.2, 0.25) is 0 Å². The quantitative estimate of drug-likeness (QED) is 0.709. The molecule has 1 aliphatic rings. The molecule has 6 nitrogen and oxygen atoms in total. The summed E-state index contributed by atoms with van der Waals surface area (Å²) < 4.78 is 10.5. The molecule has 0 saturated carbocycles. The van der Waals surface area contributed by atoms with E-state index in [1.807, 2.05) is 6.07 Å². The van der Waals surface area contributed by atoms with Gasteiger partial charge in [0, 0.05) is 32.9 Å². The van der Waals surface area contributed by atoms with Crippen molar-refractivity contribution < 1.29 is 9.47 Å². The maximum absolute atomic E-state index is 5.55. The van der Waals surface area contributed by atoms with Gasteiger partial charge in [-0.15, -0.1) is 0 Å². The maximum Gasteiger partial charge on any atom is 0.131 e. The molecule has 1 atom stereocenters. The number of anilines is 2. The van der Waals surface area contributed by atoms with Gasteiger partial charge in [-0.2, -0.15) is 0 Å². The first kappa shape index (κ1) is 13.0. The molecule has 1 saturated heterocycles. The van der Waals surface area contributed by atoms with Crippen molar-refractivity contribution in [1.82, 2.24) is 9.97 Å². The Morgan fingerprint density at radius 3 is 2.94 bits per heavy atom. The first-order valence-electron chi connectivity index (χ1n) is 6.29. The smallest absolute Gasteiger partial charge is 0.131 e. The first-order valence-corrected chi connectivity index (χ1v) is 6.29. The Balaban J connectivity index is 1.78. The summed E-state index contributed by atoms with van der Waals surface area (Å²) in [4.78, 5) is 8.32. The minimum atomic E-state index is 0.310. The van der Waals surface area contributed by atoms with Gasteiger partial charge in [0.05, 0.1) is 12.7 Å². The van der Waals surface area contributed by atoms with Crippen LogP contribution in [0.25, 0.3) is 0 Å². The fraction of sp³-hybridized carbons (Fsp3) is 0.667. The molecule has 2 N–H and O–H groups in total. The third kappa shape index (κ3) is 4.12. The Hall–Kier alpha value is -1.40. The van der Waals surface area contributed by atoms with Crippen LogP contribution >= 0.6 is 0 Å². The zero-order valence-corrected chi connectivity index (χ0v) is 10.7. The van der Waals surface area contributed by atoms with Gasteiger partial charge in [-0.3, -0.25) is 0 Å². The van der Waals surface area contributed by atoms with Gasteiger partial charge in [-0.05, 0) is 12.8 Å². The Kier molecular flexibility index (Phi) is 5.16. The molecule has 1 unspecified atom stereocenters. The number of methoxy groups -OCH3 is 1. The predicted molar refractivity (Wildman–Crippen MR) is 69.9 cm³/mol. The molecule has 0 bridgehead atoms. The summed E-state index contributed by atoms with van der Waals surface area (Å²) in [6, 6.07) is 1.89. The Bertz CT molecular complexity index is 356. The van der Waals surface area contributed by atoms with Crippen molar-refractivity contribution in [3.05, 3.63) is 12.4 Å². The van der Waals surface area contributed by atoms with Crippen molar-refractivity contribution in [3.63, 3.8) is 0 Å². The van der Waals surface area contributed by atoms with Gasteiger partial charge >= 0.3 is 0 Å². The summed E-state index contributed by atoms with van der Waals surface area (Å²) in [6.45, 7) is 3.07. The van der Waals surface area contributed by atoms with Crippen molar-refractivity contribution in [2.75, 3.05) is 44.0 Å². The summed E-state index contributed by atoms with van der Waals surface area (Å²) in [6.07, 6.45) is 4.13. The zero-order valence-electron chi connectivity index (χ0n) is 10.7. The molecule has 0 amide bonds. The Labute approximate surface area is 107 Å². The SMILES string of the molecule is COCCNc1cc(NCC2CCCO2)ncn1. The summed E-state index contributed by atoms with van der Waals surface area (Å²) in [7, 11) is 1.68. The van der Waals surface area contributed by atoms with E-state index < -0.39 is 0 Å². The molecular formula is C12H20N4O2. The van der Waals surface area contributed by atoms with Gasteiger partial charge in [0.15, 0.2) is 0 Å². The van der Waals surface area contributed by atoms with E-state index in [0.29, 0.717) is 12.7 Å². The third-order valence-corrected chi connectivity index (χ3v) is 2.81. The van der Waals surface area contributed by atoms with Crippen LogP contribution in [0.5, 0.6) is 0 Å². The van der Waals surface area contributed by atoms with Crippen LogP contribution in [-0.2, 0) is 9.47 Å². The molecular weight excluding hydrogens is 232 g/mol. The van der Waals surface area contributed by atoms with Crippen LogP contribution in [0.1, 0.15) is 12.8 Å².